The van der Waals surface area contributed by atoms with Gasteiger partial charge in [-0.3, -0.25) is 0 Å². The number of hydrogen-bond donors (Lipinski definition) is 1. The molecule has 0 aliphatic heterocycles. The number of hydrogen-bond acceptors (Lipinski definition) is 4. The molecule has 0 atom stereocenters. The minimum Gasteiger partial charge on any atom is -0.493 e. The summed E-state index contributed by atoms with van der Waals surface area (Å²) in [6, 6.07) is 5.46. The molecule has 17 heavy (non-hydrogen) atoms. The van der Waals surface area contributed by atoms with Gasteiger partial charge in [0.15, 0.2) is 0 Å². The molecular weight excluding hydrogens is 218 g/mol. The van der Waals surface area contributed by atoms with E-state index in [0.717, 1.165) is 24.3 Å². The van der Waals surface area contributed by atoms with Crippen LogP contribution in [0, 0.1) is 0 Å². The van der Waals surface area contributed by atoms with Gasteiger partial charge in [-0.1, -0.05) is 6.92 Å². The topological polar surface area (TPSA) is 53.7 Å². The highest BCUT2D eigenvalue weighted by Crippen LogP contribution is 2.24. The second-order valence-corrected chi connectivity index (χ2v) is 3.78. The van der Waals surface area contributed by atoms with Gasteiger partial charge in [-0.2, -0.15) is 0 Å². The first kappa shape index (κ1) is 13.6. The first-order chi connectivity index (χ1) is 8.26. The van der Waals surface area contributed by atoms with E-state index >= 15 is 0 Å². The van der Waals surface area contributed by atoms with Crippen LogP contribution in [-0.4, -0.2) is 26.9 Å². The molecule has 2 N–H and O–H groups in total. The van der Waals surface area contributed by atoms with E-state index in [4.69, 9.17) is 19.9 Å². The number of nitrogen functional groups attached to an aromatic ring is 1. The minimum absolute atomic E-state index is 0.616. The predicted molar refractivity (Wildman–Crippen MR) is 68.6 cm³/mol. The zero-order chi connectivity index (χ0) is 12.5. The van der Waals surface area contributed by atoms with Crippen molar-refractivity contribution in [1.29, 1.82) is 0 Å². The maximum atomic E-state index is 5.78. The van der Waals surface area contributed by atoms with Crippen LogP contribution in [0.2, 0.25) is 0 Å². The zero-order valence-electron chi connectivity index (χ0n) is 10.6. The van der Waals surface area contributed by atoms with Gasteiger partial charge >= 0.3 is 0 Å². The van der Waals surface area contributed by atoms with E-state index < -0.39 is 0 Å². The lowest BCUT2D eigenvalue weighted by molar-refractivity contribution is 0.172. The first-order valence-corrected chi connectivity index (χ1v) is 5.91. The first-order valence-electron chi connectivity index (χ1n) is 5.91. The summed E-state index contributed by atoms with van der Waals surface area (Å²) in [6.45, 7) is 4.06. The van der Waals surface area contributed by atoms with Gasteiger partial charge in [-0.05, 0) is 6.42 Å². The van der Waals surface area contributed by atoms with Crippen molar-refractivity contribution in [1.82, 2.24) is 0 Å². The molecule has 0 fully saturated rings. The Morgan fingerprint density at radius 2 is 1.65 bits per heavy atom. The third-order valence-electron chi connectivity index (χ3n) is 2.14. The van der Waals surface area contributed by atoms with Crippen molar-refractivity contribution in [3.05, 3.63) is 18.2 Å². The lowest BCUT2D eigenvalue weighted by Gasteiger charge is -2.10. The van der Waals surface area contributed by atoms with Crippen LogP contribution < -0.4 is 15.2 Å². The second kappa shape index (κ2) is 7.79. The van der Waals surface area contributed by atoms with Gasteiger partial charge in [0, 0.05) is 44.0 Å². The fourth-order valence-electron chi connectivity index (χ4n) is 1.37. The third kappa shape index (κ3) is 5.45. The van der Waals surface area contributed by atoms with Crippen LogP contribution in [0.1, 0.15) is 19.8 Å². The highest BCUT2D eigenvalue weighted by atomic mass is 16.5. The maximum Gasteiger partial charge on any atom is 0.125 e. The summed E-state index contributed by atoms with van der Waals surface area (Å²) >= 11 is 0. The Labute approximate surface area is 103 Å². The molecular formula is C13H21NO3. The quantitative estimate of drug-likeness (QED) is 0.559. The van der Waals surface area contributed by atoms with Gasteiger partial charge < -0.3 is 19.9 Å². The van der Waals surface area contributed by atoms with Crippen molar-refractivity contribution in [3.63, 3.8) is 0 Å². The molecule has 4 nitrogen and oxygen atoms in total. The molecule has 1 aromatic rings. The van der Waals surface area contributed by atoms with E-state index in [2.05, 4.69) is 6.92 Å². The predicted octanol–water partition coefficient (Wildman–Crippen LogP) is 2.47. The molecule has 0 aromatic heterocycles. The molecule has 1 rings (SSSR count). The van der Waals surface area contributed by atoms with Crippen LogP contribution in [0.25, 0.3) is 0 Å². The highest BCUT2D eigenvalue weighted by Gasteiger charge is 2.01. The number of ether oxygens (including phenoxy) is 3. The minimum atomic E-state index is 0.616. The fourth-order valence-corrected chi connectivity index (χ4v) is 1.37. The zero-order valence-corrected chi connectivity index (χ0v) is 10.6. The molecule has 0 radical (unpaired) electrons. The second-order valence-electron chi connectivity index (χ2n) is 3.78. The normalized spacial score (nSPS) is 10.2. The monoisotopic (exact) mass is 239 g/mol. The summed E-state index contributed by atoms with van der Waals surface area (Å²) in [5.41, 5.74) is 6.43. The van der Waals surface area contributed by atoms with Gasteiger partial charge in [0.05, 0.1) is 13.2 Å². The van der Waals surface area contributed by atoms with Crippen LogP contribution in [0.5, 0.6) is 11.5 Å². The van der Waals surface area contributed by atoms with E-state index in [0.29, 0.717) is 25.5 Å². The van der Waals surface area contributed by atoms with Gasteiger partial charge in [-0.15, -0.1) is 0 Å². The maximum absolute atomic E-state index is 5.78. The molecule has 0 aliphatic carbocycles. The third-order valence-corrected chi connectivity index (χ3v) is 2.14. The highest BCUT2D eigenvalue weighted by molar-refractivity contribution is 5.50. The van der Waals surface area contributed by atoms with Crippen molar-refractivity contribution in [2.24, 2.45) is 0 Å². The average Bonchev–Trinajstić information content (AvgIpc) is 2.31. The summed E-state index contributed by atoms with van der Waals surface area (Å²) in [7, 11) is 1.68. The molecule has 0 amide bonds. The Kier molecular flexibility index (Phi) is 6.25. The van der Waals surface area contributed by atoms with Crippen LogP contribution in [0.15, 0.2) is 18.2 Å². The van der Waals surface area contributed by atoms with E-state index in [9.17, 15) is 0 Å². The number of anilines is 1. The van der Waals surface area contributed by atoms with Crippen molar-refractivity contribution in [2.45, 2.75) is 19.8 Å². The molecule has 4 heteroatoms. The lowest BCUT2D eigenvalue weighted by Crippen LogP contribution is -2.02. The molecule has 0 unspecified atom stereocenters. The van der Waals surface area contributed by atoms with E-state index in [1.807, 2.05) is 6.07 Å². The standard InChI is InChI=1S/C13H21NO3/c1-3-5-16-12-8-11(14)9-13(10-12)17-7-4-6-15-2/h8-10H,3-7,14H2,1-2H3. The van der Waals surface area contributed by atoms with E-state index in [-0.39, 0.29) is 0 Å². The number of methoxy groups -OCH3 is 1. The molecule has 0 aliphatic rings. The lowest BCUT2D eigenvalue weighted by atomic mass is 10.3. The molecule has 1 aromatic carbocycles. The number of rotatable bonds is 8. The number of nitrogens with two attached hydrogens (primary N) is 1. The van der Waals surface area contributed by atoms with Crippen LogP contribution >= 0.6 is 0 Å². The van der Waals surface area contributed by atoms with Crippen LogP contribution in [0.4, 0.5) is 5.69 Å². The summed E-state index contributed by atoms with van der Waals surface area (Å²) in [6.07, 6.45) is 1.83. The van der Waals surface area contributed by atoms with Crippen molar-refractivity contribution >= 4 is 5.69 Å². The Hall–Kier alpha value is -1.42. The summed E-state index contributed by atoms with van der Waals surface area (Å²) < 4.78 is 16.0. The van der Waals surface area contributed by atoms with E-state index in [1.165, 1.54) is 0 Å². The Morgan fingerprint density at radius 1 is 1.00 bits per heavy atom. The molecule has 0 bridgehead atoms. The van der Waals surface area contributed by atoms with Crippen LogP contribution in [0.3, 0.4) is 0 Å². The Morgan fingerprint density at radius 3 is 2.24 bits per heavy atom. The van der Waals surface area contributed by atoms with E-state index in [1.54, 1.807) is 19.2 Å². The smallest absolute Gasteiger partial charge is 0.125 e. The summed E-state index contributed by atoms with van der Waals surface area (Å²) in [5.74, 6) is 1.50. The van der Waals surface area contributed by atoms with Gasteiger partial charge in [0.2, 0.25) is 0 Å². The van der Waals surface area contributed by atoms with Gasteiger partial charge in [-0.25, -0.2) is 0 Å². The van der Waals surface area contributed by atoms with Crippen LogP contribution in [-0.2, 0) is 4.74 Å². The fraction of sp³-hybridized carbons (Fsp3) is 0.538. The molecule has 0 spiro atoms. The molecule has 0 saturated heterocycles. The molecule has 0 heterocycles. The Balaban J connectivity index is 2.50. The van der Waals surface area contributed by atoms with Gasteiger partial charge in [0.25, 0.3) is 0 Å². The van der Waals surface area contributed by atoms with Crippen molar-refractivity contribution in [2.75, 3.05) is 32.7 Å². The summed E-state index contributed by atoms with van der Waals surface area (Å²) in [4.78, 5) is 0. The molecule has 96 valence electrons. The largest absolute Gasteiger partial charge is 0.493 e. The number of benzene rings is 1. The average molecular weight is 239 g/mol. The van der Waals surface area contributed by atoms with Crippen molar-refractivity contribution < 1.29 is 14.2 Å². The van der Waals surface area contributed by atoms with Gasteiger partial charge in [0.1, 0.15) is 11.5 Å². The molecule has 0 saturated carbocycles. The van der Waals surface area contributed by atoms with Crippen molar-refractivity contribution in [3.8, 4) is 11.5 Å². The Bertz CT molecular complexity index is 328. The SMILES string of the molecule is CCCOc1cc(N)cc(OCCCOC)c1. The summed E-state index contributed by atoms with van der Waals surface area (Å²) in [5, 5.41) is 0.